The number of rotatable bonds is 12. The number of benzene rings is 2. The minimum absolute atomic E-state index is 0.0196. The van der Waals surface area contributed by atoms with Crippen LogP contribution in [-0.2, 0) is 15.1 Å². The van der Waals surface area contributed by atoms with Crippen molar-refractivity contribution >= 4 is 58.5 Å². The predicted molar refractivity (Wildman–Crippen MR) is 160 cm³/mol. The van der Waals surface area contributed by atoms with E-state index in [4.69, 9.17) is 33.7 Å². The van der Waals surface area contributed by atoms with E-state index in [1.165, 1.54) is 18.2 Å². The highest BCUT2D eigenvalue weighted by Gasteiger charge is 2.45. The first kappa shape index (κ1) is 33.5. The molecule has 0 atom stereocenters. The summed E-state index contributed by atoms with van der Waals surface area (Å²) < 4.78 is 43.4. The molecule has 240 valence electrons. The van der Waals surface area contributed by atoms with Crippen LogP contribution in [0.1, 0.15) is 42.6 Å². The van der Waals surface area contributed by atoms with Crippen molar-refractivity contribution in [3.05, 3.63) is 63.6 Å². The van der Waals surface area contributed by atoms with Crippen LogP contribution in [0.25, 0.3) is 0 Å². The van der Waals surface area contributed by atoms with Crippen molar-refractivity contribution in [2.75, 3.05) is 30.3 Å². The van der Waals surface area contributed by atoms with Gasteiger partial charge in [-0.3, -0.25) is 14.4 Å². The molecule has 1 heterocycles. The van der Waals surface area contributed by atoms with E-state index in [1.807, 2.05) is 12.1 Å². The summed E-state index contributed by atoms with van der Waals surface area (Å²) in [5.74, 6) is -2.71. The maximum Gasteiger partial charge on any atom is 0.422 e. The molecule has 0 saturated heterocycles. The molecule has 17 heteroatoms. The number of carbonyl (C=O) groups is 3. The number of aromatic nitrogens is 3. The van der Waals surface area contributed by atoms with Gasteiger partial charge in [-0.15, -0.1) is 0 Å². The van der Waals surface area contributed by atoms with Crippen molar-refractivity contribution in [1.82, 2.24) is 25.6 Å². The zero-order chi connectivity index (χ0) is 33.0. The summed E-state index contributed by atoms with van der Waals surface area (Å²) in [5.41, 5.74) is 5.12. The summed E-state index contributed by atoms with van der Waals surface area (Å²) in [4.78, 5) is 47.5. The van der Waals surface area contributed by atoms with E-state index in [9.17, 15) is 27.6 Å². The molecule has 1 saturated carbocycles. The van der Waals surface area contributed by atoms with E-state index < -0.39 is 47.5 Å². The smallest absolute Gasteiger partial charge is 0.422 e. The second-order valence-corrected chi connectivity index (χ2v) is 11.9. The van der Waals surface area contributed by atoms with Gasteiger partial charge in [-0.25, -0.2) is 0 Å². The SMILES string of the molecule is CC(C)(CNC(=O)C(N)=O)CNC(=O)c1ccc(Nc2nc(NC3(c4ccc(Cl)cc4)CC3)nc(OCC(F)(F)F)n2)cc1Cl. The lowest BCUT2D eigenvalue weighted by Crippen LogP contribution is -2.45. The molecular formula is C28H29Cl2F3N8O4. The van der Waals surface area contributed by atoms with Crippen molar-refractivity contribution in [2.45, 2.75) is 38.4 Å². The van der Waals surface area contributed by atoms with Crippen LogP contribution < -0.4 is 31.7 Å². The van der Waals surface area contributed by atoms with Gasteiger partial charge in [0.25, 0.3) is 5.91 Å². The van der Waals surface area contributed by atoms with E-state index in [-0.39, 0.29) is 35.6 Å². The van der Waals surface area contributed by atoms with Crippen LogP contribution in [0, 0.1) is 5.41 Å². The number of ether oxygens (including phenoxy) is 1. The summed E-state index contributed by atoms with van der Waals surface area (Å²) in [7, 11) is 0. The summed E-state index contributed by atoms with van der Waals surface area (Å²) in [6.07, 6.45) is -3.17. The Morgan fingerprint density at radius 2 is 1.60 bits per heavy atom. The fourth-order valence-corrected chi connectivity index (χ4v) is 4.46. The van der Waals surface area contributed by atoms with Crippen LogP contribution in [0.15, 0.2) is 42.5 Å². The Labute approximate surface area is 265 Å². The number of hydrogen-bond donors (Lipinski definition) is 5. The number of nitrogens with one attached hydrogen (secondary N) is 4. The molecular weight excluding hydrogens is 640 g/mol. The number of primary amides is 1. The number of halogens is 5. The van der Waals surface area contributed by atoms with Gasteiger partial charge in [0.05, 0.1) is 16.1 Å². The van der Waals surface area contributed by atoms with Crippen molar-refractivity contribution in [1.29, 1.82) is 0 Å². The first-order chi connectivity index (χ1) is 21.0. The average Bonchev–Trinajstić information content (AvgIpc) is 3.74. The molecule has 0 spiro atoms. The summed E-state index contributed by atoms with van der Waals surface area (Å²) >= 11 is 12.4. The van der Waals surface area contributed by atoms with Crippen molar-refractivity contribution in [3.63, 3.8) is 0 Å². The van der Waals surface area contributed by atoms with Gasteiger partial charge in [0.15, 0.2) is 6.61 Å². The van der Waals surface area contributed by atoms with Gasteiger partial charge in [-0.05, 0) is 54.2 Å². The van der Waals surface area contributed by atoms with E-state index >= 15 is 0 Å². The third kappa shape index (κ3) is 9.56. The van der Waals surface area contributed by atoms with Crippen LogP contribution in [0.2, 0.25) is 10.0 Å². The number of anilines is 3. The van der Waals surface area contributed by atoms with Gasteiger partial charge < -0.3 is 31.7 Å². The van der Waals surface area contributed by atoms with E-state index in [1.54, 1.807) is 26.0 Å². The van der Waals surface area contributed by atoms with Crippen LogP contribution in [-0.4, -0.2) is 58.5 Å². The van der Waals surface area contributed by atoms with Gasteiger partial charge in [0.1, 0.15) is 0 Å². The minimum atomic E-state index is -4.62. The molecule has 1 aromatic heterocycles. The molecule has 45 heavy (non-hydrogen) atoms. The molecule has 4 rings (SSSR count). The molecule has 6 N–H and O–H groups in total. The summed E-state index contributed by atoms with van der Waals surface area (Å²) in [6.45, 7) is 2.11. The molecule has 0 radical (unpaired) electrons. The zero-order valence-electron chi connectivity index (χ0n) is 24.0. The zero-order valence-corrected chi connectivity index (χ0v) is 25.5. The van der Waals surface area contributed by atoms with Crippen molar-refractivity contribution in [3.8, 4) is 6.01 Å². The Hall–Kier alpha value is -4.37. The number of alkyl halides is 3. The number of amides is 3. The quantitative estimate of drug-likeness (QED) is 0.176. The number of carbonyl (C=O) groups excluding carboxylic acids is 3. The highest BCUT2D eigenvalue weighted by Crippen LogP contribution is 2.48. The maximum absolute atomic E-state index is 12.9. The Morgan fingerprint density at radius 1 is 0.956 bits per heavy atom. The minimum Gasteiger partial charge on any atom is -0.454 e. The molecule has 12 nitrogen and oxygen atoms in total. The lowest BCUT2D eigenvalue weighted by Gasteiger charge is -2.25. The maximum atomic E-state index is 12.9. The van der Waals surface area contributed by atoms with Gasteiger partial charge in [-0.2, -0.15) is 28.1 Å². The molecule has 2 aromatic carbocycles. The van der Waals surface area contributed by atoms with Gasteiger partial charge in [0.2, 0.25) is 11.9 Å². The number of hydrogen-bond acceptors (Lipinski definition) is 9. The third-order valence-corrected chi connectivity index (χ3v) is 7.19. The van der Waals surface area contributed by atoms with Gasteiger partial charge >= 0.3 is 24.0 Å². The third-order valence-electron chi connectivity index (χ3n) is 6.63. The second kappa shape index (κ2) is 13.3. The first-order valence-electron chi connectivity index (χ1n) is 13.5. The molecule has 0 unspecified atom stereocenters. The number of nitrogens with two attached hydrogens (primary N) is 1. The van der Waals surface area contributed by atoms with E-state index in [2.05, 4.69) is 36.2 Å². The number of nitrogens with zero attached hydrogens (tertiary/aromatic N) is 3. The highest BCUT2D eigenvalue weighted by atomic mass is 35.5. The summed E-state index contributed by atoms with van der Waals surface area (Å²) in [5, 5.41) is 11.8. The molecule has 3 aromatic rings. The Kier molecular flexibility index (Phi) is 9.92. The standard InChI is InChI=1S/C28H29Cl2F3N8O4/c1-26(2,13-36-22(44)20(34)42)12-35-21(43)18-8-7-17(11-19(18)30)37-23-38-24(40-25(39-23)45-14-28(31,32)33)41-27(9-10-27)15-3-5-16(29)6-4-15/h3-8,11H,9-10,12-14H2,1-2H3,(H2,34,42)(H,35,43)(H,36,44)(H2,37,38,39,40,41). The first-order valence-corrected chi connectivity index (χ1v) is 14.2. The van der Waals surface area contributed by atoms with Crippen LogP contribution >= 0.6 is 23.2 Å². The van der Waals surface area contributed by atoms with Crippen molar-refractivity contribution in [2.24, 2.45) is 11.1 Å². The Morgan fingerprint density at radius 3 is 2.20 bits per heavy atom. The van der Waals surface area contributed by atoms with Crippen LogP contribution in [0.5, 0.6) is 6.01 Å². The summed E-state index contributed by atoms with van der Waals surface area (Å²) in [6, 6.07) is 10.9. The molecule has 3 amide bonds. The lowest BCUT2D eigenvalue weighted by molar-refractivity contribution is -0.154. The van der Waals surface area contributed by atoms with E-state index in [0.717, 1.165) is 18.4 Å². The van der Waals surface area contributed by atoms with Crippen LogP contribution in [0.3, 0.4) is 0 Å². The molecule has 0 aliphatic heterocycles. The van der Waals surface area contributed by atoms with Crippen molar-refractivity contribution < 1.29 is 32.3 Å². The fourth-order valence-electron chi connectivity index (χ4n) is 4.06. The monoisotopic (exact) mass is 668 g/mol. The Balaban J connectivity index is 1.48. The average molecular weight is 669 g/mol. The van der Waals surface area contributed by atoms with Gasteiger partial charge in [-0.1, -0.05) is 49.2 Å². The van der Waals surface area contributed by atoms with Gasteiger partial charge in [0, 0.05) is 23.8 Å². The molecule has 0 bridgehead atoms. The molecule has 1 aliphatic rings. The predicted octanol–water partition coefficient (Wildman–Crippen LogP) is 4.32. The van der Waals surface area contributed by atoms with E-state index in [0.29, 0.717) is 10.7 Å². The molecule has 1 aliphatic carbocycles. The highest BCUT2D eigenvalue weighted by molar-refractivity contribution is 6.34. The molecule has 1 fully saturated rings. The fraction of sp³-hybridized carbons (Fsp3) is 0.357. The topological polar surface area (TPSA) is 173 Å². The second-order valence-electron chi connectivity index (χ2n) is 11.1. The lowest BCUT2D eigenvalue weighted by atomic mass is 9.93. The largest absolute Gasteiger partial charge is 0.454 e. The normalized spacial score (nSPS) is 13.8. The van der Waals surface area contributed by atoms with Crippen LogP contribution in [0.4, 0.5) is 30.8 Å². The Bertz CT molecular complexity index is 1580.